The van der Waals surface area contributed by atoms with Crippen LogP contribution in [0.2, 0.25) is 0 Å². The number of phenols is 1. The molecule has 6 N–H and O–H groups in total. The van der Waals surface area contributed by atoms with E-state index in [4.69, 9.17) is 20.9 Å². The van der Waals surface area contributed by atoms with Crippen LogP contribution in [-0.4, -0.2) is 54.9 Å². The molecule has 6 atom stereocenters. The van der Waals surface area contributed by atoms with Crippen molar-refractivity contribution in [3.8, 4) is 11.5 Å². The summed E-state index contributed by atoms with van der Waals surface area (Å²) >= 11 is 0. The Labute approximate surface area is 270 Å². The molecule has 0 amide bonds. The highest BCUT2D eigenvalue weighted by Gasteiger charge is 2.44. The molecule has 0 unspecified atom stereocenters. The summed E-state index contributed by atoms with van der Waals surface area (Å²) in [6.45, 7) is 5.62. The first kappa shape index (κ1) is 35.0. The van der Waals surface area contributed by atoms with Crippen molar-refractivity contribution in [3.05, 3.63) is 47.1 Å². The zero-order valence-electron chi connectivity index (χ0n) is 27.8. The lowest BCUT2D eigenvalue weighted by atomic mass is 9.59. The van der Waals surface area contributed by atoms with E-state index in [1.807, 2.05) is 12.1 Å². The second-order valence-electron chi connectivity index (χ2n) is 13.7. The third-order valence-electron chi connectivity index (χ3n) is 10.4. The summed E-state index contributed by atoms with van der Waals surface area (Å²) in [7, 11) is 1.75. The van der Waals surface area contributed by atoms with Crippen molar-refractivity contribution < 1.29 is 24.5 Å². The first-order chi connectivity index (χ1) is 21.7. The molecule has 0 radical (unpaired) electrons. The van der Waals surface area contributed by atoms with Crippen molar-refractivity contribution in [2.45, 2.75) is 103 Å². The molecule has 0 heterocycles. The number of nitrogens with zero attached hydrogens (tertiary/aromatic N) is 1. The van der Waals surface area contributed by atoms with Crippen LogP contribution in [0.4, 0.5) is 0 Å². The summed E-state index contributed by atoms with van der Waals surface area (Å²) in [5.74, 6) is 2.43. The monoisotopic (exact) mass is 623 g/mol. The number of ether oxygens (including phenoxy) is 2. The number of carbonyl (C=O) groups excluding carboxylic acids is 1. The molecule has 2 saturated carbocycles. The Morgan fingerprint density at radius 2 is 1.98 bits per heavy atom. The van der Waals surface area contributed by atoms with E-state index in [1.165, 1.54) is 12.0 Å². The maximum absolute atomic E-state index is 12.9. The number of rotatable bonds is 16. The van der Waals surface area contributed by atoms with Crippen LogP contribution in [0.1, 0.15) is 102 Å². The largest absolute Gasteiger partial charge is 0.504 e. The third-order valence-corrected chi connectivity index (χ3v) is 10.4. The second-order valence-corrected chi connectivity index (χ2v) is 13.7. The summed E-state index contributed by atoms with van der Waals surface area (Å²) in [5, 5.41) is 21.3. The molecule has 1 aromatic rings. The number of ketones is 1. The number of allylic oxidation sites excluding steroid dienone is 4. The number of aromatic hydroxyl groups is 1. The highest BCUT2D eigenvalue weighted by Crippen LogP contribution is 2.55. The minimum atomic E-state index is 0.0437. The Morgan fingerprint density at radius 3 is 2.67 bits per heavy atom. The zero-order chi connectivity index (χ0) is 32.3. The molecule has 0 aliphatic heterocycles. The van der Waals surface area contributed by atoms with Crippen LogP contribution in [0.5, 0.6) is 11.5 Å². The molecule has 1 aromatic carbocycles. The highest BCUT2D eigenvalue weighted by molar-refractivity contribution is 5.89. The minimum absolute atomic E-state index is 0.0437. The number of hydrogen-bond donors (Lipinski definition) is 4. The van der Waals surface area contributed by atoms with E-state index in [-0.39, 0.29) is 53.9 Å². The van der Waals surface area contributed by atoms with Crippen LogP contribution in [0.15, 0.2) is 40.9 Å². The van der Waals surface area contributed by atoms with E-state index in [0.29, 0.717) is 50.0 Å². The SMILES string of the molecule is CC[C@H](/C=C/C(=O)CCc1cc(OC2CCCC2)c(O)c([C@@H]2[C@@H](COC)[C@H](CCN=C(N)N)C=C3CC[C@@H](C)C[C@H]32)c1)CCO. The number of aliphatic imine (C=N–C) groups is 1. The van der Waals surface area contributed by atoms with Crippen molar-refractivity contribution in [1.29, 1.82) is 0 Å². The highest BCUT2D eigenvalue weighted by atomic mass is 16.5. The van der Waals surface area contributed by atoms with E-state index in [2.05, 4.69) is 31.0 Å². The minimum Gasteiger partial charge on any atom is -0.504 e. The molecule has 4 rings (SSSR count). The topological polar surface area (TPSA) is 140 Å². The van der Waals surface area contributed by atoms with Crippen molar-refractivity contribution in [2.75, 3.05) is 26.9 Å². The average Bonchev–Trinajstić information content (AvgIpc) is 3.53. The number of aliphatic hydroxyl groups is 1. The quantitative estimate of drug-likeness (QED) is 0.0746. The van der Waals surface area contributed by atoms with Crippen molar-refractivity contribution >= 4 is 11.7 Å². The van der Waals surface area contributed by atoms with Gasteiger partial charge in [0.1, 0.15) is 0 Å². The number of nitrogens with two attached hydrogens (primary N) is 2. The van der Waals surface area contributed by atoms with Gasteiger partial charge in [0, 0.05) is 32.2 Å². The summed E-state index contributed by atoms with van der Waals surface area (Å²) in [6, 6.07) is 4.09. The Balaban J connectivity index is 1.71. The molecule has 2 fully saturated rings. The van der Waals surface area contributed by atoms with Gasteiger partial charge in [0.05, 0.1) is 12.7 Å². The van der Waals surface area contributed by atoms with Crippen LogP contribution >= 0.6 is 0 Å². The van der Waals surface area contributed by atoms with Gasteiger partial charge in [-0.15, -0.1) is 0 Å². The van der Waals surface area contributed by atoms with Gasteiger partial charge in [-0.1, -0.05) is 37.6 Å². The van der Waals surface area contributed by atoms with Gasteiger partial charge in [0.2, 0.25) is 0 Å². The van der Waals surface area contributed by atoms with Gasteiger partial charge in [0.25, 0.3) is 0 Å². The smallest absolute Gasteiger partial charge is 0.185 e. The number of aryl methyl sites for hydroxylation is 1. The fourth-order valence-corrected chi connectivity index (χ4v) is 7.92. The van der Waals surface area contributed by atoms with Crippen LogP contribution in [-0.2, 0) is 16.0 Å². The molecule has 3 aliphatic rings. The second kappa shape index (κ2) is 17.2. The van der Waals surface area contributed by atoms with Gasteiger partial charge >= 0.3 is 0 Å². The molecule has 0 aromatic heterocycles. The molecule has 0 saturated heterocycles. The van der Waals surface area contributed by atoms with Crippen molar-refractivity contribution in [1.82, 2.24) is 0 Å². The van der Waals surface area contributed by atoms with Gasteiger partial charge in [0.15, 0.2) is 23.2 Å². The maximum atomic E-state index is 12.9. The molecule has 0 spiro atoms. The van der Waals surface area contributed by atoms with Gasteiger partial charge in [-0.2, -0.15) is 0 Å². The van der Waals surface area contributed by atoms with Crippen LogP contribution < -0.4 is 16.2 Å². The van der Waals surface area contributed by atoms with E-state index in [1.54, 1.807) is 13.2 Å². The molecule has 8 heteroatoms. The Morgan fingerprint density at radius 1 is 1.20 bits per heavy atom. The van der Waals surface area contributed by atoms with E-state index in [0.717, 1.165) is 62.5 Å². The number of guanidine groups is 1. The van der Waals surface area contributed by atoms with Crippen LogP contribution in [0.25, 0.3) is 0 Å². The summed E-state index contributed by atoms with van der Waals surface area (Å²) < 4.78 is 12.4. The predicted octanol–water partition coefficient (Wildman–Crippen LogP) is 6.18. The summed E-state index contributed by atoms with van der Waals surface area (Å²) in [5.41, 5.74) is 14.7. The zero-order valence-corrected chi connectivity index (χ0v) is 27.8. The molecule has 45 heavy (non-hydrogen) atoms. The van der Waals surface area contributed by atoms with E-state index in [9.17, 15) is 15.0 Å². The number of carbonyl (C=O) groups is 1. The fourth-order valence-electron chi connectivity index (χ4n) is 7.92. The first-order valence-corrected chi connectivity index (χ1v) is 17.3. The molecule has 250 valence electrons. The maximum Gasteiger partial charge on any atom is 0.185 e. The number of methoxy groups -OCH3 is 1. The third kappa shape index (κ3) is 9.58. The molecular weight excluding hydrogens is 566 g/mol. The average molecular weight is 624 g/mol. The number of hydrogen-bond acceptors (Lipinski definition) is 6. The number of fused-ring (bicyclic) bond motifs is 1. The number of aliphatic hydroxyl groups excluding tert-OH is 1. The lowest BCUT2D eigenvalue weighted by Gasteiger charge is -2.46. The number of phenolic OH excluding ortho intramolecular Hbond substituents is 1. The predicted molar refractivity (Wildman–Crippen MR) is 180 cm³/mol. The van der Waals surface area contributed by atoms with Crippen molar-refractivity contribution in [2.24, 2.45) is 46.0 Å². The Bertz CT molecular complexity index is 1200. The Hall–Kier alpha value is -2.84. The summed E-state index contributed by atoms with van der Waals surface area (Å²) in [4.78, 5) is 17.2. The van der Waals surface area contributed by atoms with Gasteiger partial charge in [-0.05, 0) is 124 Å². The lowest BCUT2D eigenvalue weighted by molar-refractivity contribution is -0.114. The number of benzene rings is 1. The first-order valence-electron chi connectivity index (χ1n) is 17.3. The lowest BCUT2D eigenvalue weighted by Crippen LogP contribution is -2.38. The van der Waals surface area contributed by atoms with Crippen molar-refractivity contribution in [3.63, 3.8) is 0 Å². The standard InChI is InChI=1S/C37H57N3O5/c1-4-25(16-18-41)10-13-29(42)14-11-26-20-32(36(43)34(21-26)45-30-7-5-6-8-30)35-31-19-24(2)9-12-27(31)22-28(33(35)23-44-3)15-17-40-37(38)39/h10,13,20-22,24-25,28,30-31,33,35,41,43H,4-9,11-12,14-19,23H2,1-3H3,(H4,38,39,40)/b13-10+/t24-,25-,28-,31-,33+,35-/m1/s1. The normalized spacial score (nSPS) is 26.0. The van der Waals surface area contributed by atoms with Crippen LogP contribution in [0.3, 0.4) is 0 Å². The molecule has 0 bridgehead atoms. The molecule has 3 aliphatic carbocycles. The van der Waals surface area contributed by atoms with E-state index < -0.39 is 0 Å². The van der Waals surface area contributed by atoms with Gasteiger partial charge in [-0.25, -0.2) is 0 Å². The molecular formula is C37H57N3O5. The Kier molecular flexibility index (Phi) is 13.4. The van der Waals surface area contributed by atoms with E-state index >= 15 is 0 Å². The van der Waals surface area contributed by atoms with Crippen LogP contribution in [0, 0.1) is 29.6 Å². The van der Waals surface area contributed by atoms with Gasteiger partial charge in [-0.3, -0.25) is 9.79 Å². The molecule has 8 nitrogen and oxygen atoms in total. The summed E-state index contributed by atoms with van der Waals surface area (Å²) in [6.07, 6.45) is 17.0. The van der Waals surface area contributed by atoms with Gasteiger partial charge < -0.3 is 31.2 Å². The fraction of sp³-hybridized carbons (Fsp3) is 0.676.